The molecule has 0 aliphatic heterocycles. The Balaban J connectivity index is 1.41. The number of aliphatic hydroxyl groups is 1. The van der Waals surface area contributed by atoms with Gasteiger partial charge < -0.3 is 20.5 Å². The SMILES string of the molecule is Cc1c(-c2cc(Nc3ccc(OC(C)(C)CNCCCO)cn3)c(=O)n(C)n2)cccc1-n1ncc2cc(C(C)(C)C)ccc2c1=O. The highest BCUT2D eigenvalue weighted by Crippen LogP contribution is 2.29. The maximum absolute atomic E-state index is 13.6. The van der Waals surface area contributed by atoms with Crippen LogP contribution in [0.25, 0.3) is 27.7 Å². The predicted octanol–water partition coefficient (Wildman–Crippen LogP) is 5.02. The van der Waals surface area contributed by atoms with Crippen molar-refractivity contribution in [3.8, 4) is 22.7 Å². The van der Waals surface area contributed by atoms with Gasteiger partial charge in [-0.2, -0.15) is 14.9 Å². The van der Waals surface area contributed by atoms with Crippen LogP contribution >= 0.6 is 0 Å². The van der Waals surface area contributed by atoms with E-state index < -0.39 is 5.60 Å². The molecule has 11 nitrogen and oxygen atoms in total. The summed E-state index contributed by atoms with van der Waals surface area (Å²) in [5, 5.41) is 25.8. The van der Waals surface area contributed by atoms with Crippen molar-refractivity contribution in [2.75, 3.05) is 25.0 Å². The number of rotatable bonds is 11. The smallest absolute Gasteiger partial charge is 0.290 e. The molecule has 47 heavy (non-hydrogen) atoms. The van der Waals surface area contributed by atoms with Crippen molar-refractivity contribution < 1.29 is 9.84 Å². The van der Waals surface area contributed by atoms with Crippen molar-refractivity contribution >= 4 is 22.3 Å². The molecule has 0 amide bonds. The van der Waals surface area contributed by atoms with Gasteiger partial charge in [0.05, 0.1) is 29.2 Å². The Morgan fingerprint density at radius 3 is 2.45 bits per heavy atom. The van der Waals surface area contributed by atoms with Gasteiger partial charge in [-0.15, -0.1) is 0 Å². The van der Waals surface area contributed by atoms with Gasteiger partial charge in [0, 0.05) is 31.1 Å². The highest BCUT2D eigenvalue weighted by molar-refractivity contribution is 5.82. The van der Waals surface area contributed by atoms with Gasteiger partial charge in [-0.25, -0.2) is 9.67 Å². The topological polar surface area (TPSA) is 136 Å². The quantitative estimate of drug-likeness (QED) is 0.171. The number of anilines is 2. The molecule has 0 unspecified atom stereocenters. The molecule has 0 aliphatic carbocycles. The van der Waals surface area contributed by atoms with E-state index >= 15 is 0 Å². The molecule has 3 heterocycles. The van der Waals surface area contributed by atoms with E-state index in [-0.39, 0.29) is 23.1 Å². The van der Waals surface area contributed by atoms with Crippen LogP contribution in [-0.4, -0.2) is 54.9 Å². The summed E-state index contributed by atoms with van der Waals surface area (Å²) in [6, 6.07) is 16.7. The van der Waals surface area contributed by atoms with Crippen LogP contribution in [-0.2, 0) is 12.5 Å². The summed E-state index contributed by atoms with van der Waals surface area (Å²) in [4.78, 5) is 31.2. The number of ether oxygens (including phenoxy) is 1. The number of nitrogens with zero attached hydrogens (tertiary/aromatic N) is 5. The first kappa shape index (κ1) is 33.5. The van der Waals surface area contributed by atoms with Gasteiger partial charge in [0.15, 0.2) is 0 Å². The standard InChI is InChI=1S/C36H43N7O4/c1-23-27(10-8-11-31(23)43-33(45)28-14-12-25(35(2,3)4)18-24(28)20-39-43)29-19-30(34(46)42(7)41-29)40-32-15-13-26(21-38-32)47-36(5,6)22-37-16-9-17-44/h8,10-15,18-21,37,44H,9,16-17,22H2,1-7H3,(H,38,40). The van der Waals surface area contributed by atoms with Gasteiger partial charge in [0.2, 0.25) is 0 Å². The molecule has 11 heteroatoms. The normalized spacial score (nSPS) is 12.0. The van der Waals surface area contributed by atoms with Gasteiger partial charge in [-0.1, -0.05) is 39.0 Å². The monoisotopic (exact) mass is 637 g/mol. The first-order valence-electron chi connectivity index (χ1n) is 15.7. The van der Waals surface area contributed by atoms with E-state index in [1.165, 1.54) is 9.36 Å². The summed E-state index contributed by atoms with van der Waals surface area (Å²) in [6.07, 6.45) is 4.01. The van der Waals surface area contributed by atoms with Crippen LogP contribution in [0.5, 0.6) is 5.75 Å². The minimum absolute atomic E-state index is 0.0468. The molecule has 3 aromatic heterocycles. The molecular weight excluding hydrogens is 594 g/mol. The fraction of sp³-hybridized carbons (Fsp3) is 0.361. The number of pyridine rings is 1. The van der Waals surface area contributed by atoms with E-state index in [1.54, 1.807) is 37.6 Å². The lowest BCUT2D eigenvalue weighted by Gasteiger charge is -2.26. The van der Waals surface area contributed by atoms with E-state index in [0.29, 0.717) is 53.5 Å². The Hall–Kier alpha value is -4.87. The molecule has 0 fully saturated rings. The summed E-state index contributed by atoms with van der Waals surface area (Å²) in [5.41, 5.74) is 3.09. The van der Waals surface area contributed by atoms with Crippen molar-refractivity contribution in [1.82, 2.24) is 29.9 Å². The maximum atomic E-state index is 13.6. The second-order valence-corrected chi connectivity index (χ2v) is 13.4. The van der Waals surface area contributed by atoms with Crippen LogP contribution in [0.4, 0.5) is 11.5 Å². The van der Waals surface area contributed by atoms with Crippen LogP contribution in [0.2, 0.25) is 0 Å². The van der Waals surface area contributed by atoms with Crippen LogP contribution in [0.1, 0.15) is 52.2 Å². The van der Waals surface area contributed by atoms with Crippen molar-refractivity contribution in [1.29, 1.82) is 0 Å². The fourth-order valence-corrected chi connectivity index (χ4v) is 5.35. The first-order chi connectivity index (χ1) is 22.3. The third kappa shape index (κ3) is 7.58. The number of aromatic nitrogens is 5. The molecular formula is C36H43N7O4. The van der Waals surface area contributed by atoms with Crippen molar-refractivity contribution in [3.05, 3.63) is 98.8 Å². The fourth-order valence-electron chi connectivity index (χ4n) is 5.35. The van der Waals surface area contributed by atoms with Gasteiger partial charge in [-0.3, -0.25) is 9.59 Å². The molecule has 0 radical (unpaired) electrons. The second kappa shape index (κ2) is 13.5. The summed E-state index contributed by atoms with van der Waals surface area (Å²) < 4.78 is 8.79. The first-order valence-corrected chi connectivity index (χ1v) is 15.7. The average molecular weight is 638 g/mol. The summed E-state index contributed by atoms with van der Waals surface area (Å²) >= 11 is 0. The lowest BCUT2D eigenvalue weighted by atomic mass is 9.86. The molecule has 0 saturated carbocycles. The number of benzene rings is 2. The molecule has 0 spiro atoms. The Kier molecular flexibility index (Phi) is 9.60. The van der Waals surface area contributed by atoms with Crippen molar-refractivity contribution in [2.24, 2.45) is 7.05 Å². The molecule has 5 rings (SSSR count). The van der Waals surface area contributed by atoms with Crippen LogP contribution < -0.4 is 26.5 Å². The third-order valence-electron chi connectivity index (χ3n) is 7.98. The number of aliphatic hydroxyl groups excluding tert-OH is 1. The van der Waals surface area contributed by atoms with Crippen LogP contribution in [0, 0.1) is 6.92 Å². The minimum Gasteiger partial charge on any atom is -0.485 e. The lowest BCUT2D eigenvalue weighted by molar-refractivity contribution is 0.107. The highest BCUT2D eigenvalue weighted by Gasteiger charge is 2.20. The predicted molar refractivity (Wildman–Crippen MR) is 186 cm³/mol. The summed E-state index contributed by atoms with van der Waals surface area (Å²) in [5.74, 6) is 1.06. The molecule has 5 aromatic rings. The molecule has 0 aliphatic rings. The van der Waals surface area contributed by atoms with E-state index in [1.807, 2.05) is 57.2 Å². The molecule has 3 N–H and O–H groups in total. The van der Waals surface area contributed by atoms with Gasteiger partial charge >= 0.3 is 0 Å². The zero-order valence-electron chi connectivity index (χ0n) is 28.1. The van der Waals surface area contributed by atoms with Gasteiger partial charge in [-0.05, 0) is 86.7 Å². The van der Waals surface area contributed by atoms with E-state index in [0.717, 1.165) is 22.1 Å². The minimum atomic E-state index is -0.488. The molecule has 0 saturated heterocycles. The average Bonchev–Trinajstić information content (AvgIpc) is 3.02. The zero-order chi connectivity index (χ0) is 33.9. The van der Waals surface area contributed by atoms with E-state index in [2.05, 4.69) is 46.6 Å². The van der Waals surface area contributed by atoms with Crippen molar-refractivity contribution in [2.45, 2.75) is 59.0 Å². The Morgan fingerprint density at radius 1 is 0.957 bits per heavy atom. The number of fused-ring (bicyclic) bond motifs is 1. The Morgan fingerprint density at radius 2 is 1.74 bits per heavy atom. The maximum Gasteiger partial charge on any atom is 0.290 e. The van der Waals surface area contributed by atoms with E-state index in [4.69, 9.17) is 9.84 Å². The summed E-state index contributed by atoms with van der Waals surface area (Å²) in [7, 11) is 1.60. The molecule has 2 aromatic carbocycles. The molecule has 246 valence electrons. The van der Waals surface area contributed by atoms with Gasteiger partial charge in [0.1, 0.15) is 22.9 Å². The number of nitrogens with one attached hydrogen (secondary N) is 2. The van der Waals surface area contributed by atoms with E-state index in [9.17, 15) is 9.59 Å². The number of hydrogen-bond donors (Lipinski definition) is 3. The highest BCUT2D eigenvalue weighted by atomic mass is 16.5. The molecule has 0 bridgehead atoms. The number of hydrogen-bond acceptors (Lipinski definition) is 9. The summed E-state index contributed by atoms with van der Waals surface area (Å²) in [6.45, 7) is 13.7. The second-order valence-electron chi connectivity index (χ2n) is 13.4. The molecule has 0 atom stereocenters. The Bertz CT molecular complexity index is 2010. The zero-order valence-corrected chi connectivity index (χ0v) is 28.1. The van der Waals surface area contributed by atoms with Crippen molar-refractivity contribution in [3.63, 3.8) is 0 Å². The van der Waals surface area contributed by atoms with Crippen LogP contribution in [0.3, 0.4) is 0 Å². The number of aryl methyl sites for hydroxylation is 1. The van der Waals surface area contributed by atoms with Gasteiger partial charge in [0.25, 0.3) is 11.1 Å². The third-order valence-corrected chi connectivity index (χ3v) is 7.98. The van der Waals surface area contributed by atoms with Crippen LogP contribution in [0.15, 0.2) is 76.6 Å². The lowest BCUT2D eigenvalue weighted by Crippen LogP contribution is -2.40. The largest absolute Gasteiger partial charge is 0.485 e. The Labute approximate surface area is 274 Å².